The molecule has 0 saturated carbocycles. The van der Waals surface area contributed by atoms with E-state index in [1.165, 1.54) is 12.1 Å². The van der Waals surface area contributed by atoms with Crippen LogP contribution in [0.15, 0.2) is 18.2 Å². The molecular weight excluding hydrogens is 183 g/mol. The van der Waals surface area contributed by atoms with Crippen molar-refractivity contribution in [3.05, 3.63) is 29.6 Å². The molecule has 3 heteroatoms. The number of hydrogen-bond acceptors (Lipinski definition) is 2. The van der Waals surface area contributed by atoms with Gasteiger partial charge in [-0.15, -0.1) is 0 Å². The van der Waals surface area contributed by atoms with E-state index in [-0.39, 0.29) is 18.2 Å². The van der Waals surface area contributed by atoms with Crippen LogP contribution in [0.4, 0.5) is 4.39 Å². The second-order valence-electron chi connectivity index (χ2n) is 3.12. The fourth-order valence-corrected chi connectivity index (χ4v) is 1.08. The van der Waals surface area contributed by atoms with Gasteiger partial charge >= 0.3 is 0 Å². The quantitative estimate of drug-likeness (QED) is 0.736. The van der Waals surface area contributed by atoms with Gasteiger partial charge in [0.05, 0.1) is 13.2 Å². The molecule has 0 bridgehead atoms. The maximum absolute atomic E-state index is 13.1. The predicted octanol–water partition coefficient (Wildman–Crippen LogP) is 2.50. The fraction of sp³-hybridized carbons (Fsp3) is 0.455. The summed E-state index contributed by atoms with van der Waals surface area (Å²) in [5, 5.41) is 8.85. The maximum atomic E-state index is 13.1. The van der Waals surface area contributed by atoms with E-state index in [1.54, 1.807) is 6.07 Å². The zero-order valence-electron chi connectivity index (χ0n) is 8.29. The van der Waals surface area contributed by atoms with Gasteiger partial charge in [0.2, 0.25) is 0 Å². The minimum Gasteiger partial charge on any atom is -0.491 e. The minimum absolute atomic E-state index is 0.0928. The highest BCUT2D eigenvalue weighted by Crippen LogP contribution is 2.19. The van der Waals surface area contributed by atoms with Crippen LogP contribution in [-0.2, 0) is 6.61 Å². The van der Waals surface area contributed by atoms with Crippen LogP contribution in [0, 0.1) is 5.82 Å². The van der Waals surface area contributed by atoms with Crippen molar-refractivity contribution in [2.75, 3.05) is 6.61 Å². The maximum Gasteiger partial charge on any atom is 0.165 e. The van der Waals surface area contributed by atoms with Crippen LogP contribution in [0.5, 0.6) is 5.75 Å². The Balaban J connectivity index is 2.64. The van der Waals surface area contributed by atoms with E-state index in [4.69, 9.17) is 9.84 Å². The molecule has 0 radical (unpaired) electrons. The second-order valence-corrected chi connectivity index (χ2v) is 3.12. The minimum atomic E-state index is -0.377. The van der Waals surface area contributed by atoms with E-state index in [2.05, 4.69) is 0 Å². The first-order valence-corrected chi connectivity index (χ1v) is 4.80. The molecule has 0 aliphatic rings. The van der Waals surface area contributed by atoms with Gasteiger partial charge in [0.1, 0.15) is 0 Å². The molecule has 0 fully saturated rings. The van der Waals surface area contributed by atoms with Gasteiger partial charge in [-0.25, -0.2) is 4.39 Å². The highest BCUT2D eigenvalue weighted by atomic mass is 19.1. The van der Waals surface area contributed by atoms with Crippen LogP contribution in [0.3, 0.4) is 0 Å². The van der Waals surface area contributed by atoms with Crippen molar-refractivity contribution in [1.29, 1.82) is 0 Å². The molecule has 0 aliphatic heterocycles. The molecule has 0 spiro atoms. The molecule has 78 valence electrons. The third-order valence-corrected chi connectivity index (χ3v) is 1.93. The van der Waals surface area contributed by atoms with E-state index in [0.717, 1.165) is 12.8 Å². The van der Waals surface area contributed by atoms with Crippen molar-refractivity contribution in [2.24, 2.45) is 0 Å². The summed E-state index contributed by atoms with van der Waals surface area (Å²) in [4.78, 5) is 0. The van der Waals surface area contributed by atoms with E-state index >= 15 is 0 Å². The number of rotatable bonds is 5. The Morgan fingerprint density at radius 2 is 2.21 bits per heavy atom. The predicted molar refractivity (Wildman–Crippen MR) is 52.7 cm³/mol. The number of aliphatic hydroxyl groups excluding tert-OH is 1. The van der Waals surface area contributed by atoms with Crippen LogP contribution in [0.25, 0.3) is 0 Å². The van der Waals surface area contributed by atoms with E-state index in [0.29, 0.717) is 12.2 Å². The first-order valence-electron chi connectivity index (χ1n) is 4.80. The van der Waals surface area contributed by atoms with Crippen molar-refractivity contribution < 1.29 is 14.2 Å². The van der Waals surface area contributed by atoms with Crippen LogP contribution in [0.2, 0.25) is 0 Å². The monoisotopic (exact) mass is 198 g/mol. The summed E-state index contributed by atoms with van der Waals surface area (Å²) in [7, 11) is 0. The second kappa shape index (κ2) is 5.60. The number of halogens is 1. The van der Waals surface area contributed by atoms with E-state index < -0.39 is 0 Å². The summed E-state index contributed by atoms with van der Waals surface area (Å²) in [6.07, 6.45) is 1.92. The highest BCUT2D eigenvalue weighted by molar-refractivity contribution is 5.29. The Morgan fingerprint density at radius 3 is 2.86 bits per heavy atom. The third-order valence-electron chi connectivity index (χ3n) is 1.93. The molecule has 0 heterocycles. The standard InChI is InChI=1S/C11H15FO2/c1-2-3-6-14-11-7-9(8-13)4-5-10(11)12/h4-5,7,13H,2-3,6,8H2,1H3. The van der Waals surface area contributed by atoms with E-state index in [9.17, 15) is 4.39 Å². The van der Waals surface area contributed by atoms with Gasteiger partial charge < -0.3 is 9.84 Å². The molecule has 14 heavy (non-hydrogen) atoms. The van der Waals surface area contributed by atoms with Gasteiger partial charge in [-0.3, -0.25) is 0 Å². The van der Waals surface area contributed by atoms with Crippen molar-refractivity contribution in [1.82, 2.24) is 0 Å². The largest absolute Gasteiger partial charge is 0.491 e. The van der Waals surface area contributed by atoms with Crippen molar-refractivity contribution in [3.63, 3.8) is 0 Å². The number of ether oxygens (including phenoxy) is 1. The molecule has 1 N–H and O–H groups in total. The Hall–Kier alpha value is -1.09. The summed E-state index contributed by atoms with van der Waals surface area (Å²) < 4.78 is 18.4. The lowest BCUT2D eigenvalue weighted by molar-refractivity contribution is 0.275. The van der Waals surface area contributed by atoms with Gasteiger partial charge in [0.25, 0.3) is 0 Å². The molecule has 1 rings (SSSR count). The Morgan fingerprint density at radius 1 is 1.43 bits per heavy atom. The summed E-state index contributed by atoms with van der Waals surface area (Å²) in [5.41, 5.74) is 0.665. The van der Waals surface area contributed by atoms with E-state index in [1.807, 2.05) is 6.92 Å². The molecule has 1 aromatic carbocycles. The van der Waals surface area contributed by atoms with Gasteiger partial charge in [0, 0.05) is 0 Å². The highest BCUT2D eigenvalue weighted by Gasteiger charge is 2.03. The molecule has 0 amide bonds. The number of benzene rings is 1. The van der Waals surface area contributed by atoms with Crippen molar-refractivity contribution in [2.45, 2.75) is 26.4 Å². The smallest absolute Gasteiger partial charge is 0.165 e. The lowest BCUT2D eigenvalue weighted by Gasteiger charge is -2.07. The van der Waals surface area contributed by atoms with Crippen LogP contribution >= 0.6 is 0 Å². The van der Waals surface area contributed by atoms with Gasteiger partial charge in [0.15, 0.2) is 11.6 Å². The molecule has 1 aromatic rings. The third kappa shape index (κ3) is 3.00. The molecule has 0 unspecified atom stereocenters. The normalized spacial score (nSPS) is 10.2. The topological polar surface area (TPSA) is 29.5 Å². The molecule has 2 nitrogen and oxygen atoms in total. The summed E-state index contributed by atoms with van der Waals surface area (Å²) in [6, 6.07) is 4.39. The van der Waals surface area contributed by atoms with Crippen molar-refractivity contribution in [3.8, 4) is 5.75 Å². The molecule has 0 saturated heterocycles. The first kappa shape index (κ1) is 11.0. The fourth-order valence-electron chi connectivity index (χ4n) is 1.08. The Kier molecular flexibility index (Phi) is 4.40. The first-order chi connectivity index (χ1) is 6.77. The zero-order valence-corrected chi connectivity index (χ0v) is 8.29. The molecular formula is C11H15FO2. The average Bonchev–Trinajstić information content (AvgIpc) is 2.21. The molecule has 0 aliphatic carbocycles. The van der Waals surface area contributed by atoms with Crippen LogP contribution in [0.1, 0.15) is 25.3 Å². The van der Waals surface area contributed by atoms with Gasteiger partial charge in [-0.05, 0) is 24.1 Å². The van der Waals surface area contributed by atoms with Crippen LogP contribution < -0.4 is 4.74 Å². The van der Waals surface area contributed by atoms with Gasteiger partial charge in [-0.1, -0.05) is 19.4 Å². The summed E-state index contributed by atoms with van der Waals surface area (Å²) >= 11 is 0. The summed E-state index contributed by atoms with van der Waals surface area (Å²) in [5.74, 6) is -0.150. The average molecular weight is 198 g/mol. The number of hydrogen-bond donors (Lipinski definition) is 1. The lowest BCUT2D eigenvalue weighted by atomic mass is 10.2. The van der Waals surface area contributed by atoms with Gasteiger partial charge in [-0.2, -0.15) is 0 Å². The zero-order chi connectivity index (χ0) is 10.4. The van der Waals surface area contributed by atoms with Crippen LogP contribution in [-0.4, -0.2) is 11.7 Å². The number of unbranched alkanes of at least 4 members (excludes halogenated alkanes) is 1. The lowest BCUT2D eigenvalue weighted by Crippen LogP contribution is -1.99. The summed E-state index contributed by atoms with van der Waals surface area (Å²) in [6.45, 7) is 2.47. The molecule has 0 atom stereocenters. The Labute approximate surface area is 83.3 Å². The Bertz CT molecular complexity index is 287. The van der Waals surface area contributed by atoms with Crippen molar-refractivity contribution >= 4 is 0 Å². The number of aliphatic hydroxyl groups is 1. The molecule has 0 aromatic heterocycles. The SMILES string of the molecule is CCCCOc1cc(CO)ccc1F.